The van der Waals surface area contributed by atoms with Gasteiger partial charge in [-0.05, 0) is 0 Å². The van der Waals surface area contributed by atoms with Crippen LogP contribution >= 0.6 is 0 Å². The summed E-state index contributed by atoms with van der Waals surface area (Å²) in [6, 6.07) is 33.2. The topological polar surface area (TPSA) is 50.2 Å². The third-order valence-electron chi connectivity index (χ3n) is 5.04. The summed E-state index contributed by atoms with van der Waals surface area (Å²) in [4.78, 5) is 16.0. The summed E-state index contributed by atoms with van der Waals surface area (Å²) in [5, 5.41) is 9.57. The van der Waals surface area contributed by atoms with E-state index in [1.807, 2.05) is 30.5 Å². The molecule has 0 atom stereocenters. The molecule has 0 fully saturated rings. The fourth-order valence-corrected chi connectivity index (χ4v) is 17.3. The van der Waals surface area contributed by atoms with Crippen molar-refractivity contribution in [2.75, 3.05) is 0 Å². The summed E-state index contributed by atoms with van der Waals surface area (Å²) in [6.07, 6.45) is 3.28. The molecule has 0 aliphatic heterocycles. The molecule has 0 aliphatic rings. The van der Waals surface area contributed by atoms with Gasteiger partial charge in [0.1, 0.15) is 0 Å². The van der Waals surface area contributed by atoms with Crippen LogP contribution in [0.1, 0.15) is 10.4 Å². The van der Waals surface area contributed by atoms with Crippen molar-refractivity contribution in [2.45, 2.75) is 0 Å². The van der Waals surface area contributed by atoms with Crippen LogP contribution in [0.5, 0.6) is 0 Å². The van der Waals surface area contributed by atoms with E-state index in [0.29, 0.717) is 0 Å². The van der Waals surface area contributed by atoms with Crippen molar-refractivity contribution in [3.8, 4) is 0 Å². The van der Waals surface area contributed by atoms with Crippen LogP contribution in [0.15, 0.2) is 109 Å². The van der Waals surface area contributed by atoms with Crippen molar-refractivity contribution in [3.63, 3.8) is 0 Å². The fourth-order valence-electron chi connectivity index (χ4n) is 3.83. The monoisotopic (exact) mass is 473 g/mol. The average Bonchev–Trinajstić information content (AvgIpc) is 2.77. The molecule has 3 aromatic carbocycles. The summed E-state index contributed by atoms with van der Waals surface area (Å²) in [5.41, 5.74) is 0.223. The van der Waals surface area contributed by atoms with Crippen LogP contribution in [0, 0.1) is 0 Å². The van der Waals surface area contributed by atoms with E-state index in [1.54, 1.807) is 0 Å². The van der Waals surface area contributed by atoms with Crippen LogP contribution in [0.25, 0.3) is 0 Å². The van der Waals surface area contributed by atoms with Crippen molar-refractivity contribution >= 4 is 38.7 Å². The van der Waals surface area contributed by atoms with Gasteiger partial charge in [-0.1, -0.05) is 0 Å². The third-order valence-corrected chi connectivity index (χ3v) is 18.6. The SMILES string of the molecule is O=C(O)c1cnc[c]([Sn]([c]2ccccc2)([c]2ccccc2)[c]2ccccc2)c1. The molecule has 0 saturated carbocycles. The van der Waals surface area contributed by atoms with Gasteiger partial charge in [-0.2, -0.15) is 0 Å². The zero-order valence-electron chi connectivity index (χ0n) is 15.2. The molecule has 4 rings (SSSR count). The Kier molecular flexibility index (Phi) is 5.26. The molecule has 136 valence electrons. The van der Waals surface area contributed by atoms with Crippen LogP contribution < -0.4 is 14.3 Å². The number of rotatable bonds is 5. The molecule has 4 heteroatoms. The van der Waals surface area contributed by atoms with Crippen LogP contribution in [0.4, 0.5) is 0 Å². The van der Waals surface area contributed by atoms with Gasteiger partial charge < -0.3 is 0 Å². The Labute approximate surface area is 168 Å². The second-order valence-electron chi connectivity index (χ2n) is 6.62. The molecule has 1 N–H and O–H groups in total. The molecule has 0 radical (unpaired) electrons. The minimum atomic E-state index is -3.74. The Bertz CT molecular complexity index is 986. The number of hydrogen-bond acceptors (Lipinski definition) is 2. The summed E-state index contributed by atoms with van der Waals surface area (Å²) < 4.78 is 4.81. The number of aromatic carboxylic acids is 1. The molecule has 0 aliphatic carbocycles. The zero-order valence-corrected chi connectivity index (χ0v) is 18.0. The van der Waals surface area contributed by atoms with Gasteiger partial charge in [-0.3, -0.25) is 0 Å². The summed E-state index contributed by atoms with van der Waals surface area (Å²) in [6.45, 7) is 0. The van der Waals surface area contributed by atoms with Crippen LogP contribution in [0.2, 0.25) is 0 Å². The van der Waals surface area contributed by atoms with Gasteiger partial charge in [0, 0.05) is 0 Å². The number of pyridine rings is 1. The molecule has 0 saturated heterocycles. The second-order valence-corrected chi connectivity index (χ2v) is 17.5. The van der Waals surface area contributed by atoms with Crippen LogP contribution in [0.3, 0.4) is 0 Å². The Hall–Kier alpha value is -2.92. The molecule has 28 heavy (non-hydrogen) atoms. The molecule has 0 unspecified atom stereocenters. The van der Waals surface area contributed by atoms with Crippen molar-refractivity contribution in [3.05, 3.63) is 115 Å². The maximum absolute atomic E-state index is 11.7. The van der Waals surface area contributed by atoms with E-state index in [2.05, 4.69) is 77.8 Å². The summed E-state index contributed by atoms with van der Waals surface area (Å²) >= 11 is -3.74. The number of carbonyl (C=O) groups is 1. The van der Waals surface area contributed by atoms with Crippen LogP contribution in [-0.4, -0.2) is 34.4 Å². The van der Waals surface area contributed by atoms with Gasteiger partial charge in [0.2, 0.25) is 0 Å². The number of nitrogens with zero attached hydrogens (tertiary/aromatic N) is 1. The van der Waals surface area contributed by atoms with Gasteiger partial charge in [0.15, 0.2) is 0 Å². The first-order valence-corrected chi connectivity index (χ1v) is 14.8. The molecule has 0 amide bonds. The molecule has 0 spiro atoms. The van der Waals surface area contributed by atoms with E-state index >= 15 is 0 Å². The second kappa shape index (κ2) is 7.98. The summed E-state index contributed by atoms with van der Waals surface area (Å²) in [7, 11) is 0. The zero-order chi connectivity index (χ0) is 19.4. The van der Waals surface area contributed by atoms with E-state index in [9.17, 15) is 9.90 Å². The van der Waals surface area contributed by atoms with Gasteiger partial charge in [0.05, 0.1) is 0 Å². The molecule has 4 aromatic rings. The molecule has 1 heterocycles. The predicted octanol–water partition coefficient (Wildman–Crippen LogP) is 2.16. The first-order chi connectivity index (χ1) is 13.7. The number of carboxylic acid groups (broad SMARTS) is 1. The third kappa shape index (κ3) is 3.22. The predicted molar refractivity (Wildman–Crippen MR) is 115 cm³/mol. The number of aromatic nitrogens is 1. The maximum atomic E-state index is 11.7. The molecule has 1 aromatic heterocycles. The standard InChI is InChI=1S/C6H4NO2.3C6H5.Sn/c8-6(9)5-2-1-3-7-4-5;3*1-2-4-6-5-3-1;/h2-4H,(H,8,9);3*1-5H;. The normalized spacial score (nSPS) is 11.1. The molecule has 3 nitrogen and oxygen atoms in total. The van der Waals surface area contributed by atoms with Gasteiger partial charge >= 0.3 is 169 Å². The molecule has 0 bridgehead atoms. The Balaban J connectivity index is 2.13. The van der Waals surface area contributed by atoms with Crippen molar-refractivity contribution in [2.24, 2.45) is 0 Å². The first kappa shape index (κ1) is 18.4. The van der Waals surface area contributed by atoms with Crippen molar-refractivity contribution < 1.29 is 9.90 Å². The van der Waals surface area contributed by atoms with E-state index < -0.39 is 24.3 Å². The summed E-state index contributed by atoms with van der Waals surface area (Å²) in [5.74, 6) is -0.955. The molecular weight excluding hydrogens is 453 g/mol. The fraction of sp³-hybridized carbons (Fsp3) is 0. The molecular formula is C24H19NO2Sn. The van der Waals surface area contributed by atoms with Gasteiger partial charge in [-0.25, -0.2) is 0 Å². The number of hydrogen-bond donors (Lipinski definition) is 1. The first-order valence-electron chi connectivity index (χ1n) is 9.08. The van der Waals surface area contributed by atoms with E-state index in [-0.39, 0.29) is 5.56 Å². The Morgan fingerprint density at radius 3 is 1.46 bits per heavy atom. The van der Waals surface area contributed by atoms with E-state index in [0.717, 1.165) is 3.58 Å². The van der Waals surface area contributed by atoms with Crippen molar-refractivity contribution in [1.82, 2.24) is 4.98 Å². The Morgan fingerprint density at radius 2 is 1.07 bits per heavy atom. The van der Waals surface area contributed by atoms with Gasteiger partial charge in [-0.15, -0.1) is 0 Å². The van der Waals surface area contributed by atoms with E-state index in [1.165, 1.54) is 16.9 Å². The van der Waals surface area contributed by atoms with E-state index in [4.69, 9.17) is 0 Å². The number of carboxylic acids is 1. The van der Waals surface area contributed by atoms with Crippen molar-refractivity contribution in [1.29, 1.82) is 0 Å². The number of benzene rings is 3. The van der Waals surface area contributed by atoms with Crippen LogP contribution in [-0.2, 0) is 0 Å². The minimum absolute atomic E-state index is 0.223. The van der Waals surface area contributed by atoms with Gasteiger partial charge in [0.25, 0.3) is 0 Å². The quantitative estimate of drug-likeness (QED) is 0.454. The average molecular weight is 472 g/mol. The Morgan fingerprint density at radius 1 is 0.643 bits per heavy atom.